The van der Waals surface area contributed by atoms with Gasteiger partial charge in [0.05, 0.1) is 17.1 Å². The minimum absolute atomic E-state index is 0.0909. The van der Waals surface area contributed by atoms with Crippen LogP contribution in [-0.4, -0.2) is 67.8 Å². The van der Waals surface area contributed by atoms with Crippen LogP contribution in [-0.2, 0) is 45.9 Å². The van der Waals surface area contributed by atoms with E-state index >= 15 is 0 Å². The standard InChI is InChI=1S/C40H58N2O9S/c1-37(2,3)49-31-19-15-27(16-20-31)23-32(35(45)51-39(7,8)9)42-36(46)40(21-11-12-22-40)24-30(34(44)50-38(4,5)6)25-41-33(43)29-17-13-28(14-18-29)26-52(10,47)48/h13-20,30,32H,11-12,21-26H2,1-10H3,(H,41,43)(H,42,46)/t30-,32-/m0/s1. The molecule has 0 aliphatic heterocycles. The molecule has 0 heterocycles. The van der Waals surface area contributed by atoms with E-state index in [0.29, 0.717) is 29.7 Å². The van der Waals surface area contributed by atoms with E-state index in [1.54, 1.807) is 53.7 Å². The first-order valence-corrected chi connectivity index (χ1v) is 20.0. The summed E-state index contributed by atoms with van der Waals surface area (Å²) in [5, 5.41) is 5.83. The fourth-order valence-corrected chi connectivity index (χ4v) is 7.00. The summed E-state index contributed by atoms with van der Waals surface area (Å²) in [4.78, 5) is 54.7. The van der Waals surface area contributed by atoms with Crippen LogP contribution in [0, 0.1) is 11.3 Å². The zero-order valence-corrected chi connectivity index (χ0v) is 33.3. The summed E-state index contributed by atoms with van der Waals surface area (Å²) < 4.78 is 40.8. The Morgan fingerprint density at radius 2 is 1.27 bits per heavy atom. The maximum absolute atomic E-state index is 14.4. The Balaban J connectivity index is 1.85. The van der Waals surface area contributed by atoms with Crippen molar-refractivity contribution in [3.8, 4) is 5.75 Å². The van der Waals surface area contributed by atoms with Gasteiger partial charge in [0.15, 0.2) is 9.84 Å². The van der Waals surface area contributed by atoms with Crippen molar-refractivity contribution in [3.05, 3.63) is 65.2 Å². The number of hydrogen-bond donors (Lipinski definition) is 2. The van der Waals surface area contributed by atoms with Crippen LogP contribution < -0.4 is 15.4 Å². The SMILES string of the molecule is CC(C)(C)OC(=O)[C@H](CNC(=O)c1ccc(CS(C)(=O)=O)cc1)CC1(C(=O)N[C@@H](Cc2ccc(OC(C)(C)C)cc2)C(=O)OC(C)(C)C)CCCC1. The smallest absolute Gasteiger partial charge is 0.329 e. The Kier molecular flexibility index (Phi) is 13.7. The molecule has 2 amide bonds. The van der Waals surface area contributed by atoms with Crippen LogP contribution in [0.25, 0.3) is 0 Å². The molecule has 288 valence electrons. The molecule has 0 saturated heterocycles. The fraction of sp³-hybridized carbons (Fsp3) is 0.600. The molecule has 0 bridgehead atoms. The van der Waals surface area contributed by atoms with Crippen LogP contribution in [0.1, 0.15) is 116 Å². The van der Waals surface area contributed by atoms with Crippen LogP contribution >= 0.6 is 0 Å². The number of hydrogen-bond acceptors (Lipinski definition) is 9. The van der Waals surface area contributed by atoms with Gasteiger partial charge in [-0.15, -0.1) is 0 Å². The second-order valence-electron chi connectivity index (χ2n) is 17.0. The van der Waals surface area contributed by atoms with E-state index in [4.69, 9.17) is 14.2 Å². The highest BCUT2D eigenvalue weighted by molar-refractivity contribution is 7.89. The zero-order valence-electron chi connectivity index (χ0n) is 32.5. The Hall–Kier alpha value is -3.93. The number of carbonyl (C=O) groups excluding carboxylic acids is 4. The number of rotatable bonds is 14. The lowest BCUT2D eigenvalue weighted by Gasteiger charge is -2.34. The number of benzene rings is 2. The largest absolute Gasteiger partial charge is 0.488 e. The third-order valence-corrected chi connectivity index (χ3v) is 9.22. The molecule has 2 aromatic rings. The van der Waals surface area contributed by atoms with Gasteiger partial charge in [0.25, 0.3) is 5.91 Å². The average Bonchev–Trinajstić information content (AvgIpc) is 3.46. The van der Waals surface area contributed by atoms with Crippen LogP contribution in [0.3, 0.4) is 0 Å². The quantitative estimate of drug-likeness (QED) is 0.218. The molecule has 11 nitrogen and oxygen atoms in total. The molecule has 0 spiro atoms. The van der Waals surface area contributed by atoms with Crippen LogP contribution in [0.15, 0.2) is 48.5 Å². The minimum atomic E-state index is -3.24. The number of nitrogens with one attached hydrogen (secondary N) is 2. The third-order valence-electron chi connectivity index (χ3n) is 8.36. The van der Waals surface area contributed by atoms with Gasteiger partial charge in [0, 0.05) is 24.8 Å². The molecule has 52 heavy (non-hydrogen) atoms. The van der Waals surface area contributed by atoms with Crippen molar-refractivity contribution in [1.29, 1.82) is 0 Å². The van der Waals surface area contributed by atoms with Gasteiger partial charge in [0.2, 0.25) is 5.91 Å². The fourth-order valence-electron chi connectivity index (χ4n) is 6.20. The molecule has 0 radical (unpaired) electrons. The molecule has 0 unspecified atom stereocenters. The molecule has 1 aliphatic carbocycles. The van der Waals surface area contributed by atoms with Crippen molar-refractivity contribution in [1.82, 2.24) is 10.6 Å². The van der Waals surface area contributed by atoms with Gasteiger partial charge in [-0.05, 0) is 117 Å². The second-order valence-corrected chi connectivity index (χ2v) is 19.2. The van der Waals surface area contributed by atoms with E-state index in [9.17, 15) is 27.6 Å². The van der Waals surface area contributed by atoms with Crippen molar-refractivity contribution in [2.45, 2.75) is 129 Å². The zero-order chi connectivity index (χ0) is 39.1. The molecule has 1 aliphatic rings. The van der Waals surface area contributed by atoms with Crippen molar-refractivity contribution in [2.75, 3.05) is 12.8 Å². The number of carbonyl (C=O) groups is 4. The Morgan fingerprint density at radius 1 is 0.750 bits per heavy atom. The maximum Gasteiger partial charge on any atom is 0.329 e. The third kappa shape index (κ3) is 14.2. The van der Waals surface area contributed by atoms with E-state index in [1.165, 1.54) is 12.1 Å². The van der Waals surface area contributed by atoms with Crippen LogP contribution in [0.2, 0.25) is 0 Å². The van der Waals surface area contributed by atoms with Gasteiger partial charge >= 0.3 is 11.9 Å². The molecular formula is C40H58N2O9S. The maximum atomic E-state index is 14.4. The molecule has 2 N–H and O–H groups in total. The lowest BCUT2D eigenvalue weighted by molar-refractivity contribution is -0.163. The summed E-state index contributed by atoms with van der Waals surface area (Å²) in [5.41, 5.74) is -1.32. The summed E-state index contributed by atoms with van der Waals surface area (Å²) in [6, 6.07) is 12.6. The lowest BCUT2D eigenvalue weighted by atomic mass is 9.76. The van der Waals surface area contributed by atoms with E-state index < -0.39 is 56.3 Å². The minimum Gasteiger partial charge on any atom is -0.488 e. The summed E-state index contributed by atoms with van der Waals surface area (Å²) in [6.07, 6.45) is 3.92. The van der Waals surface area contributed by atoms with Gasteiger partial charge in [-0.25, -0.2) is 13.2 Å². The second kappa shape index (κ2) is 16.8. The van der Waals surface area contributed by atoms with E-state index in [-0.39, 0.29) is 36.6 Å². The van der Waals surface area contributed by atoms with Gasteiger partial charge in [-0.1, -0.05) is 37.1 Å². The van der Waals surface area contributed by atoms with Crippen molar-refractivity contribution < 1.29 is 41.8 Å². The molecule has 1 saturated carbocycles. The lowest BCUT2D eigenvalue weighted by Crippen LogP contribution is -2.51. The predicted octanol–water partition coefficient (Wildman–Crippen LogP) is 6.12. The number of ether oxygens (including phenoxy) is 3. The molecule has 1 fully saturated rings. The van der Waals surface area contributed by atoms with Crippen molar-refractivity contribution >= 4 is 33.6 Å². The molecule has 2 atom stereocenters. The predicted molar refractivity (Wildman–Crippen MR) is 200 cm³/mol. The average molecular weight is 743 g/mol. The van der Waals surface area contributed by atoms with E-state index in [0.717, 1.165) is 24.7 Å². The van der Waals surface area contributed by atoms with Crippen molar-refractivity contribution in [2.24, 2.45) is 11.3 Å². The van der Waals surface area contributed by atoms with Crippen LogP contribution in [0.4, 0.5) is 0 Å². The Labute approximate surface area is 309 Å². The monoisotopic (exact) mass is 742 g/mol. The molecule has 0 aromatic heterocycles. The van der Waals surface area contributed by atoms with Gasteiger partial charge < -0.3 is 24.8 Å². The summed E-state index contributed by atoms with van der Waals surface area (Å²) in [5.74, 6) is -2.25. The van der Waals surface area contributed by atoms with Gasteiger partial charge in [-0.2, -0.15) is 0 Å². The normalized spacial score (nSPS) is 16.0. The highest BCUT2D eigenvalue weighted by Crippen LogP contribution is 2.44. The van der Waals surface area contributed by atoms with Gasteiger partial charge in [0.1, 0.15) is 28.6 Å². The van der Waals surface area contributed by atoms with E-state index in [1.807, 2.05) is 45.0 Å². The summed E-state index contributed by atoms with van der Waals surface area (Å²) in [6.45, 7) is 16.3. The highest BCUT2D eigenvalue weighted by Gasteiger charge is 2.46. The number of sulfone groups is 1. The van der Waals surface area contributed by atoms with E-state index in [2.05, 4.69) is 10.6 Å². The summed E-state index contributed by atoms with van der Waals surface area (Å²) in [7, 11) is -3.24. The molecule has 3 rings (SSSR count). The summed E-state index contributed by atoms with van der Waals surface area (Å²) >= 11 is 0. The number of esters is 2. The Bertz CT molecular complexity index is 1660. The molecular weight excluding hydrogens is 685 g/mol. The highest BCUT2D eigenvalue weighted by atomic mass is 32.2. The first-order chi connectivity index (χ1) is 23.8. The molecule has 2 aromatic carbocycles. The molecule has 12 heteroatoms. The van der Waals surface area contributed by atoms with Gasteiger partial charge in [-0.3, -0.25) is 14.4 Å². The number of amides is 2. The first kappa shape index (κ1) is 42.5. The topological polar surface area (TPSA) is 154 Å². The first-order valence-electron chi connectivity index (χ1n) is 17.9. The Morgan fingerprint density at radius 3 is 1.77 bits per heavy atom. The van der Waals surface area contributed by atoms with Crippen LogP contribution in [0.5, 0.6) is 5.75 Å². The van der Waals surface area contributed by atoms with Crippen molar-refractivity contribution in [3.63, 3.8) is 0 Å².